The maximum absolute atomic E-state index is 12.9. The molecule has 1 heterocycles. The highest BCUT2D eigenvalue weighted by atomic mass is 19.4. The summed E-state index contributed by atoms with van der Waals surface area (Å²) in [4.78, 5) is 11.0. The van der Waals surface area contributed by atoms with Crippen LogP contribution in [0.1, 0.15) is 21.7 Å². The molecule has 0 aliphatic carbocycles. The van der Waals surface area contributed by atoms with Gasteiger partial charge in [-0.2, -0.15) is 18.3 Å². The molecule has 0 aliphatic heterocycles. The van der Waals surface area contributed by atoms with E-state index in [9.17, 15) is 18.0 Å². The third kappa shape index (κ3) is 2.31. The number of hydrogen-bond donors (Lipinski definition) is 2. The fraction of sp³-hybridized carbons (Fsp3) is 0.167. The molecule has 2 rings (SSSR count). The minimum absolute atomic E-state index is 0.0413. The number of nitrogens with one attached hydrogen (secondary N) is 1. The molecule has 0 radical (unpaired) electrons. The van der Waals surface area contributed by atoms with Crippen molar-refractivity contribution in [2.45, 2.75) is 13.1 Å². The number of H-pyrrole nitrogens is 1. The highest BCUT2D eigenvalue weighted by Gasteiger charge is 2.35. The first-order valence-electron chi connectivity index (χ1n) is 5.27. The summed E-state index contributed by atoms with van der Waals surface area (Å²) >= 11 is 0. The number of aromatic amines is 1. The first-order valence-corrected chi connectivity index (χ1v) is 5.27. The van der Waals surface area contributed by atoms with Gasteiger partial charge in [-0.15, -0.1) is 0 Å². The van der Waals surface area contributed by atoms with Gasteiger partial charge in [-0.3, -0.25) is 5.10 Å². The maximum atomic E-state index is 12.9. The van der Waals surface area contributed by atoms with Crippen LogP contribution < -0.4 is 0 Å². The average Bonchev–Trinajstić information content (AvgIpc) is 2.70. The molecule has 0 amide bonds. The molecule has 0 aliphatic rings. The Morgan fingerprint density at radius 1 is 1.32 bits per heavy atom. The molecule has 7 heteroatoms. The first-order chi connectivity index (χ1) is 8.82. The summed E-state index contributed by atoms with van der Waals surface area (Å²) in [5.74, 6) is -1.38. The van der Waals surface area contributed by atoms with E-state index in [2.05, 4.69) is 10.2 Å². The lowest BCUT2D eigenvalue weighted by atomic mass is 9.97. The zero-order valence-corrected chi connectivity index (χ0v) is 9.75. The lowest BCUT2D eigenvalue weighted by molar-refractivity contribution is -0.137. The zero-order valence-electron chi connectivity index (χ0n) is 9.75. The van der Waals surface area contributed by atoms with E-state index in [0.717, 1.165) is 6.07 Å². The summed E-state index contributed by atoms with van der Waals surface area (Å²) in [7, 11) is 0. The van der Waals surface area contributed by atoms with Gasteiger partial charge in [0.2, 0.25) is 0 Å². The average molecular weight is 270 g/mol. The number of hydrogen-bond acceptors (Lipinski definition) is 2. The second-order valence-electron chi connectivity index (χ2n) is 3.92. The van der Waals surface area contributed by atoms with E-state index in [-0.39, 0.29) is 16.8 Å². The number of halogens is 3. The van der Waals surface area contributed by atoms with Crippen LogP contribution in [0.15, 0.2) is 24.3 Å². The van der Waals surface area contributed by atoms with Crippen LogP contribution in [0.2, 0.25) is 0 Å². The fourth-order valence-corrected chi connectivity index (χ4v) is 1.86. The smallest absolute Gasteiger partial charge is 0.417 e. The van der Waals surface area contributed by atoms with Crippen LogP contribution in [-0.2, 0) is 6.18 Å². The molecule has 0 bridgehead atoms. The quantitative estimate of drug-likeness (QED) is 0.881. The molecule has 4 nitrogen and oxygen atoms in total. The van der Waals surface area contributed by atoms with Crippen LogP contribution >= 0.6 is 0 Å². The molecular weight excluding hydrogens is 261 g/mol. The van der Waals surface area contributed by atoms with Crippen molar-refractivity contribution in [3.05, 3.63) is 41.2 Å². The number of aromatic nitrogens is 2. The van der Waals surface area contributed by atoms with Crippen LogP contribution in [0, 0.1) is 6.92 Å². The molecule has 0 saturated heterocycles. The minimum atomic E-state index is -4.56. The second-order valence-corrected chi connectivity index (χ2v) is 3.92. The van der Waals surface area contributed by atoms with Crippen molar-refractivity contribution in [1.29, 1.82) is 0 Å². The number of aryl methyl sites for hydroxylation is 1. The highest BCUT2D eigenvalue weighted by Crippen LogP contribution is 2.38. The van der Waals surface area contributed by atoms with E-state index in [4.69, 9.17) is 5.11 Å². The van der Waals surface area contributed by atoms with Crippen LogP contribution in [0.25, 0.3) is 11.1 Å². The molecule has 0 fully saturated rings. The van der Waals surface area contributed by atoms with Crippen molar-refractivity contribution in [2.75, 3.05) is 0 Å². The van der Waals surface area contributed by atoms with Crippen LogP contribution in [0.5, 0.6) is 0 Å². The van der Waals surface area contributed by atoms with Gasteiger partial charge in [-0.1, -0.05) is 18.2 Å². The lowest BCUT2D eigenvalue weighted by Gasteiger charge is -2.12. The molecule has 1 aromatic heterocycles. The predicted octanol–water partition coefficient (Wildman–Crippen LogP) is 3.10. The normalized spacial score (nSPS) is 11.6. The van der Waals surface area contributed by atoms with Crippen molar-refractivity contribution >= 4 is 5.97 Å². The fourth-order valence-electron chi connectivity index (χ4n) is 1.86. The highest BCUT2D eigenvalue weighted by molar-refractivity contribution is 5.95. The van der Waals surface area contributed by atoms with Gasteiger partial charge >= 0.3 is 12.1 Å². The van der Waals surface area contributed by atoms with Gasteiger partial charge in [-0.05, 0) is 18.6 Å². The summed E-state index contributed by atoms with van der Waals surface area (Å²) in [6.45, 7) is 1.47. The summed E-state index contributed by atoms with van der Waals surface area (Å²) in [6.07, 6.45) is -4.56. The number of carbonyl (C=O) groups is 1. The van der Waals surface area contributed by atoms with Gasteiger partial charge in [0.25, 0.3) is 0 Å². The number of carboxylic acids is 1. The third-order valence-corrected chi connectivity index (χ3v) is 2.65. The summed E-state index contributed by atoms with van der Waals surface area (Å²) in [6, 6.07) is 4.81. The topological polar surface area (TPSA) is 66.0 Å². The molecule has 1 aromatic carbocycles. The van der Waals surface area contributed by atoms with Crippen LogP contribution in [-0.4, -0.2) is 21.3 Å². The standard InChI is InChI=1S/C12H9F3N2O2/c1-6-9(10(11(18)19)17-16-6)7-4-2-3-5-8(7)12(13,14)15/h2-5H,1H3,(H,16,17)(H,18,19). The Morgan fingerprint density at radius 3 is 2.53 bits per heavy atom. The minimum Gasteiger partial charge on any atom is -0.476 e. The summed E-state index contributed by atoms with van der Waals surface area (Å²) < 4.78 is 38.8. The van der Waals surface area contributed by atoms with Gasteiger partial charge in [0.05, 0.1) is 5.56 Å². The molecule has 0 atom stereocenters. The Morgan fingerprint density at radius 2 is 1.95 bits per heavy atom. The van der Waals surface area contributed by atoms with Crippen molar-refractivity contribution in [3.8, 4) is 11.1 Å². The monoisotopic (exact) mass is 270 g/mol. The Hall–Kier alpha value is -2.31. The van der Waals surface area contributed by atoms with E-state index >= 15 is 0 Å². The molecule has 2 N–H and O–H groups in total. The van der Waals surface area contributed by atoms with E-state index < -0.39 is 23.4 Å². The SMILES string of the molecule is Cc1[nH]nc(C(=O)O)c1-c1ccccc1C(F)(F)F. The first kappa shape index (κ1) is 13.1. The molecule has 0 unspecified atom stereocenters. The lowest BCUT2D eigenvalue weighted by Crippen LogP contribution is -2.08. The Kier molecular flexibility index (Phi) is 3.05. The molecule has 19 heavy (non-hydrogen) atoms. The van der Waals surface area contributed by atoms with Gasteiger partial charge in [0.15, 0.2) is 5.69 Å². The molecular formula is C12H9F3N2O2. The number of benzene rings is 1. The van der Waals surface area contributed by atoms with E-state index in [0.29, 0.717) is 0 Å². The number of aromatic carboxylic acids is 1. The molecule has 2 aromatic rings. The van der Waals surface area contributed by atoms with E-state index in [1.165, 1.54) is 25.1 Å². The van der Waals surface area contributed by atoms with Crippen molar-refractivity contribution in [2.24, 2.45) is 0 Å². The Labute approximate surface area is 105 Å². The molecule has 100 valence electrons. The molecule has 0 saturated carbocycles. The van der Waals surface area contributed by atoms with Crippen LogP contribution in [0.4, 0.5) is 13.2 Å². The third-order valence-electron chi connectivity index (χ3n) is 2.65. The van der Waals surface area contributed by atoms with Gasteiger partial charge in [0.1, 0.15) is 0 Å². The zero-order chi connectivity index (χ0) is 14.2. The maximum Gasteiger partial charge on any atom is 0.417 e. The molecule has 0 spiro atoms. The van der Waals surface area contributed by atoms with Crippen molar-refractivity contribution in [1.82, 2.24) is 10.2 Å². The van der Waals surface area contributed by atoms with Gasteiger partial charge in [-0.25, -0.2) is 4.79 Å². The van der Waals surface area contributed by atoms with Crippen molar-refractivity contribution in [3.63, 3.8) is 0 Å². The number of alkyl halides is 3. The van der Waals surface area contributed by atoms with Gasteiger partial charge < -0.3 is 5.11 Å². The largest absolute Gasteiger partial charge is 0.476 e. The Balaban J connectivity index is 2.73. The van der Waals surface area contributed by atoms with E-state index in [1.54, 1.807) is 0 Å². The number of carboxylic acid groups (broad SMARTS) is 1. The number of nitrogens with zero attached hydrogens (tertiary/aromatic N) is 1. The summed E-state index contributed by atoms with van der Waals surface area (Å²) in [5.41, 5.74) is -1.27. The van der Waals surface area contributed by atoms with Crippen LogP contribution in [0.3, 0.4) is 0 Å². The Bertz CT molecular complexity index is 632. The summed E-state index contributed by atoms with van der Waals surface area (Å²) in [5, 5.41) is 14.9. The van der Waals surface area contributed by atoms with Gasteiger partial charge in [0, 0.05) is 11.3 Å². The van der Waals surface area contributed by atoms with E-state index in [1.807, 2.05) is 0 Å². The number of rotatable bonds is 2. The predicted molar refractivity (Wildman–Crippen MR) is 60.7 cm³/mol. The second kappa shape index (κ2) is 4.42. The van der Waals surface area contributed by atoms with Crippen molar-refractivity contribution < 1.29 is 23.1 Å².